The first kappa shape index (κ1) is 15.8. The van der Waals surface area contributed by atoms with Gasteiger partial charge in [0.2, 0.25) is 0 Å². The van der Waals surface area contributed by atoms with E-state index in [9.17, 15) is 17.6 Å². The van der Waals surface area contributed by atoms with Crippen LogP contribution in [-0.4, -0.2) is 24.5 Å². The molecule has 0 amide bonds. The zero-order valence-corrected chi connectivity index (χ0v) is 10.9. The second kappa shape index (κ2) is 5.36. The molecule has 1 unspecified atom stereocenters. The molecule has 0 bridgehead atoms. The SMILES string of the molecule is COc1ccc(F)cc1C(C)(C)CC(O)C(F)(F)F. The van der Waals surface area contributed by atoms with Gasteiger partial charge >= 0.3 is 6.18 Å². The lowest BCUT2D eigenvalue weighted by Gasteiger charge is -2.30. The van der Waals surface area contributed by atoms with Crippen molar-refractivity contribution >= 4 is 0 Å². The number of rotatable bonds is 4. The Morgan fingerprint density at radius 3 is 2.32 bits per heavy atom. The van der Waals surface area contributed by atoms with Gasteiger partial charge in [-0.2, -0.15) is 13.2 Å². The standard InChI is InChI=1S/C13H16F4O2/c1-12(2,7-11(18)13(15,16)17)9-6-8(14)4-5-10(9)19-3/h4-6,11,18H,7H2,1-3H3. The molecule has 6 heteroatoms. The number of aliphatic hydroxyl groups excluding tert-OH is 1. The number of aliphatic hydroxyl groups is 1. The van der Waals surface area contributed by atoms with Crippen LogP contribution < -0.4 is 4.74 Å². The van der Waals surface area contributed by atoms with Gasteiger partial charge in [0.1, 0.15) is 11.6 Å². The number of hydrogen-bond acceptors (Lipinski definition) is 2. The molecule has 1 aromatic rings. The molecule has 0 aliphatic rings. The van der Waals surface area contributed by atoms with Crippen molar-refractivity contribution in [1.29, 1.82) is 0 Å². The van der Waals surface area contributed by atoms with Gasteiger partial charge < -0.3 is 9.84 Å². The Kier molecular flexibility index (Phi) is 4.45. The number of methoxy groups -OCH3 is 1. The van der Waals surface area contributed by atoms with E-state index >= 15 is 0 Å². The topological polar surface area (TPSA) is 29.5 Å². The smallest absolute Gasteiger partial charge is 0.414 e. The van der Waals surface area contributed by atoms with Crippen LogP contribution in [0.3, 0.4) is 0 Å². The lowest BCUT2D eigenvalue weighted by Crippen LogP contribution is -2.35. The van der Waals surface area contributed by atoms with Crippen molar-refractivity contribution in [3.05, 3.63) is 29.6 Å². The highest BCUT2D eigenvalue weighted by Gasteiger charge is 2.42. The van der Waals surface area contributed by atoms with Gasteiger partial charge in [-0.1, -0.05) is 13.8 Å². The van der Waals surface area contributed by atoms with E-state index < -0.39 is 29.9 Å². The van der Waals surface area contributed by atoms with Gasteiger partial charge in [0.25, 0.3) is 0 Å². The van der Waals surface area contributed by atoms with Gasteiger partial charge in [0.05, 0.1) is 7.11 Å². The van der Waals surface area contributed by atoms with Gasteiger partial charge in [0, 0.05) is 5.56 Å². The molecule has 1 aromatic carbocycles. The van der Waals surface area contributed by atoms with E-state index in [0.717, 1.165) is 6.07 Å². The monoisotopic (exact) mass is 280 g/mol. The summed E-state index contributed by atoms with van der Waals surface area (Å²) in [6.07, 6.45) is -7.73. The number of hydrogen-bond donors (Lipinski definition) is 1. The molecule has 0 aliphatic heterocycles. The van der Waals surface area contributed by atoms with E-state index in [4.69, 9.17) is 9.84 Å². The van der Waals surface area contributed by atoms with Gasteiger partial charge in [-0.15, -0.1) is 0 Å². The summed E-state index contributed by atoms with van der Waals surface area (Å²) < 4.78 is 55.5. The minimum Gasteiger partial charge on any atom is -0.496 e. The molecule has 2 nitrogen and oxygen atoms in total. The Morgan fingerprint density at radius 1 is 1.26 bits per heavy atom. The zero-order valence-electron chi connectivity index (χ0n) is 10.9. The summed E-state index contributed by atoms with van der Waals surface area (Å²) >= 11 is 0. The molecule has 0 radical (unpaired) electrons. The first-order chi connectivity index (χ1) is 8.58. The highest BCUT2D eigenvalue weighted by Crippen LogP contribution is 2.38. The highest BCUT2D eigenvalue weighted by atomic mass is 19.4. The summed E-state index contributed by atoms with van der Waals surface area (Å²) in [5.74, 6) is -0.272. The van der Waals surface area contributed by atoms with Gasteiger partial charge in [0.15, 0.2) is 6.10 Å². The third-order valence-corrected chi connectivity index (χ3v) is 2.97. The lowest BCUT2D eigenvalue weighted by atomic mass is 9.79. The van der Waals surface area contributed by atoms with Crippen LogP contribution >= 0.6 is 0 Å². The Balaban J connectivity index is 3.09. The number of alkyl halides is 3. The minimum absolute atomic E-state index is 0.290. The summed E-state index contributed by atoms with van der Waals surface area (Å²) in [5.41, 5.74) is -0.791. The Hall–Kier alpha value is -1.30. The third kappa shape index (κ3) is 3.83. The molecule has 1 N–H and O–H groups in total. The maximum absolute atomic E-state index is 13.2. The van der Waals surface area contributed by atoms with Gasteiger partial charge in [-0.05, 0) is 30.0 Å². The molecule has 1 rings (SSSR count). The molecule has 0 aliphatic carbocycles. The molecular formula is C13H16F4O2. The molecule has 0 saturated carbocycles. The Morgan fingerprint density at radius 2 is 1.84 bits per heavy atom. The maximum Gasteiger partial charge on any atom is 0.414 e. The van der Waals surface area contributed by atoms with Crippen LogP contribution in [-0.2, 0) is 5.41 Å². The van der Waals surface area contributed by atoms with Crippen molar-refractivity contribution in [3.8, 4) is 5.75 Å². The van der Waals surface area contributed by atoms with Crippen LogP contribution in [0.25, 0.3) is 0 Å². The Labute approximate surface area is 109 Å². The number of benzene rings is 1. The molecule has 0 fully saturated rings. The molecule has 0 saturated heterocycles. The molecular weight excluding hydrogens is 264 g/mol. The van der Waals surface area contributed by atoms with Gasteiger partial charge in [-0.25, -0.2) is 4.39 Å². The summed E-state index contributed by atoms with van der Waals surface area (Å²) in [7, 11) is 1.35. The zero-order chi connectivity index (χ0) is 14.8. The fourth-order valence-corrected chi connectivity index (χ4v) is 1.92. The van der Waals surface area contributed by atoms with Crippen LogP contribution in [0.2, 0.25) is 0 Å². The summed E-state index contributed by atoms with van der Waals surface area (Å²) in [6, 6.07) is 3.65. The van der Waals surface area contributed by atoms with E-state index in [0.29, 0.717) is 11.3 Å². The van der Waals surface area contributed by atoms with Crippen molar-refractivity contribution in [2.45, 2.75) is 38.0 Å². The van der Waals surface area contributed by atoms with Crippen molar-refractivity contribution in [1.82, 2.24) is 0 Å². The van der Waals surface area contributed by atoms with Crippen LogP contribution in [0.1, 0.15) is 25.8 Å². The van der Waals surface area contributed by atoms with E-state index in [1.165, 1.54) is 33.1 Å². The van der Waals surface area contributed by atoms with E-state index in [2.05, 4.69) is 0 Å². The van der Waals surface area contributed by atoms with E-state index in [1.54, 1.807) is 0 Å². The fraction of sp³-hybridized carbons (Fsp3) is 0.538. The third-order valence-electron chi connectivity index (χ3n) is 2.97. The predicted molar refractivity (Wildman–Crippen MR) is 62.7 cm³/mol. The summed E-state index contributed by atoms with van der Waals surface area (Å²) in [6.45, 7) is 3.00. The molecule has 0 heterocycles. The van der Waals surface area contributed by atoms with Gasteiger partial charge in [-0.3, -0.25) is 0 Å². The minimum atomic E-state index is -4.70. The van der Waals surface area contributed by atoms with E-state index in [1.807, 2.05) is 0 Å². The number of ether oxygens (including phenoxy) is 1. The van der Waals surface area contributed by atoms with Crippen LogP contribution in [0.4, 0.5) is 17.6 Å². The first-order valence-electron chi connectivity index (χ1n) is 5.67. The Bertz CT molecular complexity index is 441. The second-order valence-electron chi connectivity index (χ2n) is 4.99. The first-order valence-corrected chi connectivity index (χ1v) is 5.67. The largest absolute Gasteiger partial charge is 0.496 e. The number of halogens is 4. The van der Waals surface area contributed by atoms with Crippen molar-refractivity contribution < 1.29 is 27.4 Å². The average molecular weight is 280 g/mol. The molecule has 0 spiro atoms. The second-order valence-corrected chi connectivity index (χ2v) is 4.99. The van der Waals surface area contributed by atoms with Crippen LogP contribution in [0.5, 0.6) is 5.75 Å². The lowest BCUT2D eigenvalue weighted by molar-refractivity contribution is -0.209. The maximum atomic E-state index is 13.2. The van der Waals surface area contributed by atoms with Crippen LogP contribution in [0, 0.1) is 5.82 Å². The van der Waals surface area contributed by atoms with E-state index in [-0.39, 0.29) is 0 Å². The van der Waals surface area contributed by atoms with Crippen LogP contribution in [0.15, 0.2) is 18.2 Å². The average Bonchev–Trinajstić information content (AvgIpc) is 2.27. The summed E-state index contributed by atoms with van der Waals surface area (Å²) in [4.78, 5) is 0. The highest BCUT2D eigenvalue weighted by molar-refractivity contribution is 5.39. The predicted octanol–water partition coefficient (Wildman–Crippen LogP) is 3.43. The molecule has 108 valence electrons. The normalized spacial score (nSPS) is 14.3. The quantitative estimate of drug-likeness (QED) is 0.856. The fourth-order valence-electron chi connectivity index (χ4n) is 1.92. The summed E-state index contributed by atoms with van der Waals surface area (Å²) in [5, 5.41) is 9.16. The van der Waals surface area contributed by atoms with Crippen molar-refractivity contribution in [2.75, 3.05) is 7.11 Å². The molecule has 19 heavy (non-hydrogen) atoms. The molecule has 0 aromatic heterocycles. The van der Waals surface area contributed by atoms with Crippen molar-refractivity contribution in [2.24, 2.45) is 0 Å². The molecule has 1 atom stereocenters. The van der Waals surface area contributed by atoms with Crippen molar-refractivity contribution in [3.63, 3.8) is 0 Å².